The molecule has 0 fully saturated rings. The maximum absolute atomic E-state index is 11.5. The number of carbonyl (C=O) groups excluding carboxylic acids is 1. The molecular weight excluding hydrogens is 196 g/mol. The molecule has 1 amide bonds. The van der Waals surface area contributed by atoms with Crippen molar-refractivity contribution in [1.82, 2.24) is 5.32 Å². The van der Waals surface area contributed by atoms with Crippen LogP contribution >= 0.6 is 0 Å². The van der Waals surface area contributed by atoms with Gasteiger partial charge in [0, 0.05) is 12.0 Å². The first-order valence-corrected chi connectivity index (χ1v) is 4.46. The third-order valence-electron chi connectivity index (χ3n) is 1.76. The van der Waals surface area contributed by atoms with Crippen molar-refractivity contribution in [1.29, 1.82) is 0 Å². The summed E-state index contributed by atoms with van der Waals surface area (Å²) < 4.78 is 0. The number of rotatable bonds is 3. The third kappa shape index (κ3) is 3.40. The van der Waals surface area contributed by atoms with Gasteiger partial charge in [-0.3, -0.25) is 4.79 Å². The van der Waals surface area contributed by atoms with Crippen molar-refractivity contribution in [3.05, 3.63) is 35.9 Å². The number of hydrogen-bond acceptors (Lipinski definition) is 4. The van der Waals surface area contributed by atoms with Gasteiger partial charge in [-0.05, 0) is 12.1 Å². The van der Waals surface area contributed by atoms with Gasteiger partial charge < -0.3 is 15.6 Å². The van der Waals surface area contributed by atoms with Gasteiger partial charge in [0.2, 0.25) is 0 Å². The van der Waals surface area contributed by atoms with Gasteiger partial charge in [-0.1, -0.05) is 23.4 Å². The molecule has 5 nitrogen and oxygen atoms in total. The Morgan fingerprint density at radius 2 is 2.00 bits per heavy atom. The standard InChI is InChI=1S/C10H12N2O3/c13-7-6-9(12-15)11-10(14)8-4-2-1-3-5-8/h1-5,13,15H,6-7H2,(H,11,12,14). The largest absolute Gasteiger partial charge is 0.409 e. The van der Waals surface area contributed by atoms with Crippen LogP contribution in [-0.4, -0.2) is 28.7 Å². The molecule has 5 heteroatoms. The minimum Gasteiger partial charge on any atom is -0.409 e. The minimum atomic E-state index is -0.364. The fourth-order valence-corrected chi connectivity index (χ4v) is 1.04. The second kappa shape index (κ2) is 5.77. The SMILES string of the molecule is O=C(N/C(CCO)=N/O)c1ccccc1. The van der Waals surface area contributed by atoms with Crippen LogP contribution in [-0.2, 0) is 0 Å². The topological polar surface area (TPSA) is 81.9 Å². The molecule has 0 aromatic heterocycles. The molecule has 0 aliphatic carbocycles. The molecule has 3 N–H and O–H groups in total. The zero-order valence-electron chi connectivity index (χ0n) is 8.05. The van der Waals surface area contributed by atoms with E-state index in [4.69, 9.17) is 10.3 Å². The van der Waals surface area contributed by atoms with E-state index in [2.05, 4.69) is 10.5 Å². The maximum Gasteiger partial charge on any atom is 0.256 e. The Labute approximate surface area is 87.0 Å². The minimum absolute atomic E-state index is 0.0475. The molecular formula is C10H12N2O3. The molecule has 80 valence electrons. The second-order valence-electron chi connectivity index (χ2n) is 2.84. The summed E-state index contributed by atoms with van der Waals surface area (Å²) in [5, 5.41) is 22.4. The van der Waals surface area contributed by atoms with E-state index < -0.39 is 0 Å². The number of hydrogen-bond donors (Lipinski definition) is 3. The summed E-state index contributed by atoms with van der Waals surface area (Å²) in [5.41, 5.74) is 0.469. The van der Waals surface area contributed by atoms with Crippen molar-refractivity contribution in [2.45, 2.75) is 6.42 Å². The van der Waals surface area contributed by atoms with Crippen molar-refractivity contribution in [2.75, 3.05) is 6.61 Å². The highest BCUT2D eigenvalue weighted by molar-refractivity contribution is 6.06. The Balaban J connectivity index is 2.63. The van der Waals surface area contributed by atoms with Crippen LogP contribution in [0.15, 0.2) is 35.5 Å². The third-order valence-corrected chi connectivity index (χ3v) is 1.76. The second-order valence-corrected chi connectivity index (χ2v) is 2.84. The summed E-state index contributed by atoms with van der Waals surface area (Å²) in [6, 6.07) is 8.55. The quantitative estimate of drug-likeness (QED) is 0.294. The molecule has 0 atom stereocenters. The van der Waals surface area contributed by atoms with E-state index in [1.807, 2.05) is 0 Å². The van der Waals surface area contributed by atoms with Crippen LogP contribution in [0.2, 0.25) is 0 Å². The van der Waals surface area contributed by atoms with E-state index in [1.54, 1.807) is 30.3 Å². The number of oxime groups is 1. The molecule has 0 bridgehead atoms. The summed E-state index contributed by atoms with van der Waals surface area (Å²) >= 11 is 0. The van der Waals surface area contributed by atoms with Crippen LogP contribution in [0.25, 0.3) is 0 Å². The van der Waals surface area contributed by atoms with Gasteiger partial charge in [-0.2, -0.15) is 0 Å². The monoisotopic (exact) mass is 208 g/mol. The molecule has 0 unspecified atom stereocenters. The average molecular weight is 208 g/mol. The van der Waals surface area contributed by atoms with Crippen LogP contribution in [0.1, 0.15) is 16.8 Å². The Morgan fingerprint density at radius 3 is 2.53 bits per heavy atom. The molecule has 1 aromatic rings. The lowest BCUT2D eigenvalue weighted by atomic mass is 10.2. The van der Waals surface area contributed by atoms with Crippen LogP contribution in [0.4, 0.5) is 0 Å². The molecule has 0 radical (unpaired) electrons. The number of aliphatic hydroxyl groups excluding tert-OH is 1. The summed E-state index contributed by atoms with van der Waals surface area (Å²) in [7, 11) is 0. The van der Waals surface area contributed by atoms with Crippen molar-refractivity contribution < 1.29 is 15.1 Å². The van der Waals surface area contributed by atoms with Crippen molar-refractivity contribution in [3.8, 4) is 0 Å². The fourth-order valence-electron chi connectivity index (χ4n) is 1.04. The first-order chi connectivity index (χ1) is 7.27. The van der Waals surface area contributed by atoms with Crippen LogP contribution in [0.3, 0.4) is 0 Å². The number of carbonyl (C=O) groups is 1. The van der Waals surface area contributed by atoms with Gasteiger partial charge in [0.15, 0.2) is 5.84 Å². The van der Waals surface area contributed by atoms with E-state index >= 15 is 0 Å². The Morgan fingerprint density at radius 1 is 1.33 bits per heavy atom. The molecule has 0 heterocycles. The van der Waals surface area contributed by atoms with Crippen LogP contribution in [0.5, 0.6) is 0 Å². The highest BCUT2D eigenvalue weighted by Gasteiger charge is 2.07. The van der Waals surface area contributed by atoms with E-state index in [0.717, 1.165) is 0 Å². The van der Waals surface area contributed by atoms with Gasteiger partial charge in [-0.15, -0.1) is 0 Å². The highest BCUT2D eigenvalue weighted by Crippen LogP contribution is 1.98. The summed E-state index contributed by atoms with van der Waals surface area (Å²) in [6.45, 7) is -0.186. The lowest BCUT2D eigenvalue weighted by Crippen LogP contribution is -2.31. The van der Waals surface area contributed by atoms with Crippen molar-refractivity contribution in [2.24, 2.45) is 5.16 Å². The van der Waals surface area contributed by atoms with Gasteiger partial charge in [0.1, 0.15) is 0 Å². The van der Waals surface area contributed by atoms with E-state index in [0.29, 0.717) is 5.56 Å². The van der Waals surface area contributed by atoms with Gasteiger partial charge in [-0.25, -0.2) is 0 Å². The summed E-state index contributed by atoms with van der Waals surface area (Å²) in [5.74, 6) is -0.316. The highest BCUT2D eigenvalue weighted by atomic mass is 16.4. The van der Waals surface area contributed by atoms with Crippen LogP contribution in [0, 0.1) is 0 Å². The first kappa shape index (κ1) is 11.2. The van der Waals surface area contributed by atoms with Crippen LogP contribution < -0.4 is 5.32 Å². The number of amides is 1. The van der Waals surface area contributed by atoms with E-state index in [-0.39, 0.29) is 24.8 Å². The van der Waals surface area contributed by atoms with Gasteiger partial charge in [0.05, 0.1) is 6.61 Å². The van der Waals surface area contributed by atoms with Gasteiger partial charge in [0.25, 0.3) is 5.91 Å². The summed E-state index contributed by atoms with van der Waals surface area (Å²) in [4.78, 5) is 11.5. The smallest absolute Gasteiger partial charge is 0.256 e. The zero-order valence-corrected chi connectivity index (χ0v) is 8.05. The molecule has 0 saturated carbocycles. The molecule has 1 aromatic carbocycles. The zero-order chi connectivity index (χ0) is 11.1. The van der Waals surface area contributed by atoms with Crippen molar-refractivity contribution >= 4 is 11.7 Å². The number of nitrogens with one attached hydrogen (secondary N) is 1. The molecule has 0 aliphatic rings. The Kier molecular flexibility index (Phi) is 4.30. The molecule has 0 aliphatic heterocycles. The van der Waals surface area contributed by atoms with Crippen molar-refractivity contribution in [3.63, 3.8) is 0 Å². The van der Waals surface area contributed by atoms with E-state index in [1.165, 1.54) is 0 Å². The molecule has 0 saturated heterocycles. The Bertz CT molecular complexity index is 349. The number of amidine groups is 1. The lowest BCUT2D eigenvalue weighted by Gasteiger charge is -2.05. The predicted molar refractivity (Wildman–Crippen MR) is 54.8 cm³/mol. The number of aliphatic hydroxyl groups is 1. The molecule has 15 heavy (non-hydrogen) atoms. The fraction of sp³-hybridized carbons (Fsp3) is 0.200. The average Bonchev–Trinajstić information content (AvgIpc) is 2.29. The molecule has 1 rings (SSSR count). The van der Waals surface area contributed by atoms with Gasteiger partial charge >= 0.3 is 0 Å². The maximum atomic E-state index is 11.5. The lowest BCUT2D eigenvalue weighted by molar-refractivity contribution is 0.0974. The summed E-state index contributed by atoms with van der Waals surface area (Å²) in [6.07, 6.45) is 0.106. The van der Waals surface area contributed by atoms with E-state index in [9.17, 15) is 4.79 Å². The predicted octanol–water partition coefficient (Wildman–Crippen LogP) is 0.587. The normalized spacial score (nSPS) is 11.1. The molecule has 0 spiro atoms. The number of nitrogens with zero attached hydrogens (tertiary/aromatic N) is 1. The first-order valence-electron chi connectivity index (χ1n) is 4.46. The Hall–Kier alpha value is -1.88. The number of benzene rings is 1.